The summed E-state index contributed by atoms with van der Waals surface area (Å²) in [5.41, 5.74) is 0.461. The van der Waals surface area contributed by atoms with E-state index in [1.807, 2.05) is 0 Å². The van der Waals surface area contributed by atoms with Crippen LogP contribution in [0.15, 0.2) is 53.2 Å². The molecule has 2 aromatic heterocycles. The van der Waals surface area contributed by atoms with Crippen LogP contribution in [-0.4, -0.2) is 44.8 Å². The first-order valence-corrected chi connectivity index (χ1v) is 8.94. The highest BCUT2D eigenvalue weighted by atomic mass is 19.1. The molecular weight excluding hydrogens is 365 g/mol. The molecule has 1 N–H and O–H groups in total. The van der Waals surface area contributed by atoms with Gasteiger partial charge in [-0.05, 0) is 37.1 Å². The number of aromatic carboxylic acids is 1. The Hall–Kier alpha value is -3.42. The number of carboxylic acids is 1. The van der Waals surface area contributed by atoms with Crippen molar-refractivity contribution in [2.24, 2.45) is 0 Å². The van der Waals surface area contributed by atoms with Crippen molar-refractivity contribution in [2.45, 2.75) is 18.9 Å². The van der Waals surface area contributed by atoms with E-state index in [-0.39, 0.29) is 23.3 Å². The maximum absolute atomic E-state index is 13.9. The van der Waals surface area contributed by atoms with Gasteiger partial charge in [0.2, 0.25) is 0 Å². The van der Waals surface area contributed by atoms with Gasteiger partial charge in [0.1, 0.15) is 11.6 Å². The zero-order valence-electron chi connectivity index (χ0n) is 14.9. The van der Waals surface area contributed by atoms with E-state index in [0.29, 0.717) is 37.3 Å². The summed E-state index contributed by atoms with van der Waals surface area (Å²) >= 11 is 0. The predicted octanol–water partition coefficient (Wildman–Crippen LogP) is 3.46. The molecule has 7 nitrogen and oxygen atoms in total. The van der Waals surface area contributed by atoms with Crippen molar-refractivity contribution in [3.05, 3.63) is 65.9 Å². The first kappa shape index (κ1) is 18.0. The highest BCUT2D eigenvalue weighted by Gasteiger charge is 2.27. The summed E-state index contributed by atoms with van der Waals surface area (Å²) in [6.07, 6.45) is 4.16. The summed E-state index contributed by atoms with van der Waals surface area (Å²) in [4.78, 5) is 25.4. The molecule has 0 bridgehead atoms. The lowest BCUT2D eigenvalue weighted by molar-refractivity contribution is 0.0658. The number of carboxylic acid groups (broad SMARTS) is 1. The van der Waals surface area contributed by atoms with Crippen LogP contribution in [0.3, 0.4) is 0 Å². The summed E-state index contributed by atoms with van der Waals surface area (Å²) < 4.78 is 21.1. The number of benzene rings is 1. The van der Waals surface area contributed by atoms with E-state index in [9.17, 15) is 14.0 Å². The Morgan fingerprint density at radius 2 is 1.89 bits per heavy atom. The third-order valence-corrected chi connectivity index (χ3v) is 4.93. The largest absolute Gasteiger partial charge is 0.478 e. The maximum Gasteiger partial charge on any atom is 0.338 e. The second-order valence-electron chi connectivity index (χ2n) is 6.68. The van der Waals surface area contributed by atoms with E-state index in [1.54, 1.807) is 39.9 Å². The molecule has 0 saturated carbocycles. The molecule has 1 fully saturated rings. The minimum atomic E-state index is -1.01. The molecule has 1 amide bonds. The number of likely N-dealkylation sites (tertiary alicyclic amines) is 1. The number of carbonyl (C=O) groups is 2. The van der Waals surface area contributed by atoms with E-state index >= 15 is 0 Å². The highest BCUT2D eigenvalue weighted by molar-refractivity contribution is 5.92. The van der Waals surface area contributed by atoms with Gasteiger partial charge in [-0.25, -0.2) is 9.18 Å². The Morgan fingerprint density at radius 1 is 1.14 bits per heavy atom. The van der Waals surface area contributed by atoms with Crippen LogP contribution >= 0.6 is 0 Å². The topological polar surface area (TPSA) is 88.6 Å². The average Bonchev–Trinajstić information content (AvgIpc) is 3.38. The van der Waals surface area contributed by atoms with Gasteiger partial charge in [-0.15, -0.1) is 0 Å². The van der Waals surface area contributed by atoms with Crippen molar-refractivity contribution in [2.75, 3.05) is 13.1 Å². The maximum atomic E-state index is 13.9. The average molecular weight is 383 g/mol. The van der Waals surface area contributed by atoms with Gasteiger partial charge in [0.25, 0.3) is 5.91 Å². The van der Waals surface area contributed by atoms with Crippen molar-refractivity contribution in [1.82, 2.24) is 14.7 Å². The zero-order chi connectivity index (χ0) is 19.7. The summed E-state index contributed by atoms with van der Waals surface area (Å²) in [5.74, 6) is -1.18. The molecule has 1 saturated heterocycles. The number of hydrogen-bond donors (Lipinski definition) is 1. The van der Waals surface area contributed by atoms with Crippen LogP contribution < -0.4 is 0 Å². The molecular formula is C20H18FN3O4. The molecule has 0 atom stereocenters. The fourth-order valence-electron chi connectivity index (χ4n) is 3.40. The number of furan rings is 1. The van der Waals surface area contributed by atoms with Gasteiger partial charge >= 0.3 is 5.97 Å². The molecule has 144 valence electrons. The lowest BCUT2D eigenvalue weighted by atomic mass is 10.1. The van der Waals surface area contributed by atoms with Crippen LogP contribution in [-0.2, 0) is 0 Å². The SMILES string of the molecule is O=C(O)c1cnn(C2CCN(C(=O)c3ccc(-c4ccccc4F)o3)CC2)c1. The Morgan fingerprint density at radius 3 is 2.57 bits per heavy atom. The van der Waals surface area contributed by atoms with Crippen LogP contribution in [0.5, 0.6) is 0 Å². The van der Waals surface area contributed by atoms with Crippen LogP contribution in [0.25, 0.3) is 11.3 Å². The molecule has 3 heterocycles. The smallest absolute Gasteiger partial charge is 0.338 e. The molecule has 0 aliphatic carbocycles. The Kier molecular flexibility index (Phi) is 4.68. The zero-order valence-corrected chi connectivity index (χ0v) is 14.9. The van der Waals surface area contributed by atoms with E-state index in [4.69, 9.17) is 9.52 Å². The molecule has 28 heavy (non-hydrogen) atoms. The third-order valence-electron chi connectivity index (χ3n) is 4.93. The monoisotopic (exact) mass is 383 g/mol. The Labute approximate surface area is 160 Å². The molecule has 0 radical (unpaired) electrons. The van der Waals surface area contributed by atoms with Crippen molar-refractivity contribution in [3.8, 4) is 11.3 Å². The van der Waals surface area contributed by atoms with E-state index in [1.165, 1.54) is 18.5 Å². The van der Waals surface area contributed by atoms with Crippen LogP contribution in [0.4, 0.5) is 4.39 Å². The number of piperidine rings is 1. The summed E-state index contributed by atoms with van der Waals surface area (Å²) in [5, 5.41) is 13.1. The molecule has 1 aliphatic heterocycles. The summed E-state index contributed by atoms with van der Waals surface area (Å²) in [6, 6.07) is 9.44. The van der Waals surface area contributed by atoms with Crippen molar-refractivity contribution < 1.29 is 23.5 Å². The van der Waals surface area contributed by atoms with Crippen LogP contribution in [0.2, 0.25) is 0 Å². The van der Waals surface area contributed by atoms with E-state index in [0.717, 1.165) is 0 Å². The second-order valence-corrected chi connectivity index (χ2v) is 6.68. The summed E-state index contributed by atoms with van der Waals surface area (Å²) in [7, 11) is 0. The third kappa shape index (κ3) is 3.40. The Bertz CT molecular complexity index is 1020. The Balaban J connectivity index is 1.42. The number of halogens is 1. The van der Waals surface area contributed by atoms with Crippen LogP contribution in [0.1, 0.15) is 39.8 Å². The minimum absolute atomic E-state index is 0.0442. The number of rotatable bonds is 4. The van der Waals surface area contributed by atoms with Crippen LogP contribution in [0, 0.1) is 5.82 Å². The fourth-order valence-corrected chi connectivity index (χ4v) is 3.40. The number of hydrogen-bond acceptors (Lipinski definition) is 4. The van der Waals surface area contributed by atoms with Gasteiger partial charge in [0.15, 0.2) is 5.76 Å². The molecule has 1 aromatic carbocycles. The molecule has 1 aliphatic rings. The van der Waals surface area contributed by atoms with Crippen molar-refractivity contribution in [3.63, 3.8) is 0 Å². The van der Waals surface area contributed by atoms with Crippen molar-refractivity contribution >= 4 is 11.9 Å². The minimum Gasteiger partial charge on any atom is -0.478 e. The lowest BCUT2D eigenvalue weighted by Crippen LogP contribution is -2.39. The molecule has 4 rings (SSSR count). The molecule has 3 aromatic rings. The van der Waals surface area contributed by atoms with E-state index < -0.39 is 11.8 Å². The highest BCUT2D eigenvalue weighted by Crippen LogP contribution is 2.27. The molecule has 0 spiro atoms. The standard InChI is InChI=1S/C20H18FN3O4/c21-16-4-2-1-3-15(16)17-5-6-18(28-17)19(25)23-9-7-14(8-10-23)24-12-13(11-22-24)20(26)27/h1-6,11-12,14H,7-10H2,(H,26,27). The van der Waals surface area contributed by atoms with Gasteiger partial charge in [-0.3, -0.25) is 9.48 Å². The number of amides is 1. The number of aromatic nitrogens is 2. The number of carbonyl (C=O) groups excluding carboxylic acids is 1. The quantitative estimate of drug-likeness (QED) is 0.745. The van der Waals surface area contributed by atoms with Gasteiger partial charge < -0.3 is 14.4 Å². The van der Waals surface area contributed by atoms with Gasteiger partial charge in [0, 0.05) is 19.3 Å². The second kappa shape index (κ2) is 7.30. The van der Waals surface area contributed by atoms with Gasteiger partial charge in [-0.2, -0.15) is 5.10 Å². The van der Waals surface area contributed by atoms with Gasteiger partial charge in [-0.1, -0.05) is 12.1 Å². The lowest BCUT2D eigenvalue weighted by Gasteiger charge is -2.31. The molecule has 8 heteroatoms. The van der Waals surface area contributed by atoms with Crippen molar-refractivity contribution in [1.29, 1.82) is 0 Å². The number of nitrogens with zero attached hydrogens (tertiary/aromatic N) is 3. The first-order chi connectivity index (χ1) is 13.5. The first-order valence-electron chi connectivity index (χ1n) is 8.94. The van der Waals surface area contributed by atoms with E-state index in [2.05, 4.69) is 5.10 Å². The summed E-state index contributed by atoms with van der Waals surface area (Å²) in [6.45, 7) is 1.00. The normalized spacial score (nSPS) is 15.0. The van der Waals surface area contributed by atoms with Gasteiger partial charge in [0.05, 0.1) is 23.4 Å². The fraction of sp³-hybridized carbons (Fsp3) is 0.250. The predicted molar refractivity (Wildman–Crippen MR) is 97.5 cm³/mol. The molecule has 0 unspecified atom stereocenters.